The Labute approximate surface area is 217 Å². The van der Waals surface area contributed by atoms with Crippen molar-refractivity contribution in [2.45, 2.75) is 12.5 Å². The number of halogens is 3. The molecule has 0 radical (unpaired) electrons. The second-order valence-corrected chi connectivity index (χ2v) is 9.27. The van der Waals surface area contributed by atoms with E-state index in [1.165, 1.54) is 6.20 Å². The first-order chi connectivity index (χ1) is 18.5. The number of pyridine rings is 1. The van der Waals surface area contributed by atoms with Gasteiger partial charge in [0.05, 0.1) is 42.6 Å². The van der Waals surface area contributed by atoms with Crippen LogP contribution < -0.4 is 15.0 Å². The van der Waals surface area contributed by atoms with Crippen LogP contribution in [-0.2, 0) is 4.74 Å². The predicted molar refractivity (Wildman–Crippen MR) is 137 cm³/mol. The van der Waals surface area contributed by atoms with Gasteiger partial charge in [0.15, 0.2) is 11.6 Å². The minimum Gasteiger partial charge on any atom is -0.493 e. The van der Waals surface area contributed by atoms with E-state index in [2.05, 4.69) is 10.3 Å². The van der Waals surface area contributed by atoms with Crippen molar-refractivity contribution >= 4 is 22.5 Å². The fourth-order valence-electron chi connectivity index (χ4n) is 5.20. The number of para-hydroxylation sites is 2. The number of morpholine rings is 1. The highest BCUT2D eigenvalue weighted by molar-refractivity contribution is 6.10. The summed E-state index contributed by atoms with van der Waals surface area (Å²) in [4.78, 5) is 20.3. The summed E-state index contributed by atoms with van der Waals surface area (Å²) in [6.07, 6.45) is 2.07. The van der Waals surface area contributed by atoms with Crippen LogP contribution in [0.3, 0.4) is 0 Å². The van der Waals surface area contributed by atoms with Crippen molar-refractivity contribution in [2.24, 2.45) is 0 Å². The number of nitrogens with one attached hydrogen (secondary N) is 1. The van der Waals surface area contributed by atoms with Gasteiger partial charge in [0, 0.05) is 53.9 Å². The average molecular weight is 520 g/mol. The van der Waals surface area contributed by atoms with Crippen molar-refractivity contribution in [3.8, 4) is 16.9 Å². The molecule has 3 aromatic carbocycles. The second-order valence-electron chi connectivity index (χ2n) is 9.27. The van der Waals surface area contributed by atoms with Crippen LogP contribution in [0.4, 0.5) is 18.9 Å². The summed E-state index contributed by atoms with van der Waals surface area (Å²) >= 11 is 0. The fraction of sp³-hybridized carbons (Fsp3) is 0.241. The topological polar surface area (TPSA) is 63.7 Å². The lowest BCUT2D eigenvalue weighted by Gasteiger charge is -2.32. The maximum Gasteiger partial charge on any atom is 0.255 e. The standard InChI is InChI=1S/C29H24F3N3O3/c30-17-14-21(26(32)23(31)15-17)18-5-3-6-20-27(18)33-16-22(28(20)35-9-12-37-13-10-35)29(36)34-24-8-11-38-25-7-2-1-4-19(24)25/h1-7,14-16,24H,8-13H2,(H,34,36)/t24-/m0/s1. The summed E-state index contributed by atoms with van der Waals surface area (Å²) in [5.41, 5.74) is 2.22. The Morgan fingerprint density at radius 2 is 1.79 bits per heavy atom. The van der Waals surface area contributed by atoms with Crippen molar-refractivity contribution in [1.82, 2.24) is 10.3 Å². The molecule has 0 aliphatic carbocycles. The Balaban J connectivity index is 1.47. The summed E-state index contributed by atoms with van der Waals surface area (Å²) in [7, 11) is 0. The van der Waals surface area contributed by atoms with E-state index in [1.807, 2.05) is 29.2 Å². The molecule has 6 nitrogen and oxygen atoms in total. The number of hydrogen-bond donors (Lipinski definition) is 1. The third-order valence-corrected chi connectivity index (χ3v) is 6.99. The number of amides is 1. The molecule has 1 fully saturated rings. The number of ether oxygens (including phenoxy) is 2. The molecule has 2 aliphatic rings. The lowest BCUT2D eigenvalue weighted by atomic mass is 9.97. The molecule has 1 saturated heterocycles. The van der Waals surface area contributed by atoms with Crippen molar-refractivity contribution in [2.75, 3.05) is 37.8 Å². The number of hydrogen-bond acceptors (Lipinski definition) is 5. The van der Waals surface area contributed by atoms with Crippen molar-refractivity contribution in [3.05, 3.63) is 89.4 Å². The van der Waals surface area contributed by atoms with Crippen LogP contribution in [0.1, 0.15) is 28.4 Å². The highest BCUT2D eigenvalue weighted by atomic mass is 19.2. The zero-order valence-corrected chi connectivity index (χ0v) is 20.3. The van der Waals surface area contributed by atoms with Gasteiger partial charge in [-0.15, -0.1) is 0 Å². The molecule has 6 rings (SSSR count). The number of carbonyl (C=O) groups excluding carboxylic acids is 1. The van der Waals surface area contributed by atoms with E-state index in [-0.39, 0.29) is 23.1 Å². The molecule has 1 N–H and O–H groups in total. The highest BCUT2D eigenvalue weighted by Gasteiger charge is 2.28. The molecule has 1 aromatic heterocycles. The maximum atomic E-state index is 14.8. The summed E-state index contributed by atoms with van der Waals surface area (Å²) in [5.74, 6) is -2.90. The van der Waals surface area contributed by atoms with Crippen molar-refractivity contribution in [3.63, 3.8) is 0 Å². The van der Waals surface area contributed by atoms with E-state index >= 15 is 0 Å². The first kappa shape index (κ1) is 24.2. The van der Waals surface area contributed by atoms with E-state index in [0.717, 1.165) is 17.4 Å². The normalized spacial score (nSPS) is 17.1. The van der Waals surface area contributed by atoms with Crippen LogP contribution >= 0.6 is 0 Å². The lowest BCUT2D eigenvalue weighted by Crippen LogP contribution is -2.39. The zero-order chi connectivity index (χ0) is 26.2. The van der Waals surface area contributed by atoms with Crippen LogP contribution in [0, 0.1) is 17.5 Å². The van der Waals surface area contributed by atoms with Gasteiger partial charge in [-0.1, -0.05) is 36.4 Å². The van der Waals surface area contributed by atoms with E-state index < -0.39 is 17.5 Å². The maximum absolute atomic E-state index is 14.8. The van der Waals surface area contributed by atoms with Gasteiger partial charge in [-0.3, -0.25) is 9.78 Å². The van der Waals surface area contributed by atoms with Gasteiger partial charge >= 0.3 is 0 Å². The monoisotopic (exact) mass is 519 g/mol. The van der Waals surface area contributed by atoms with Gasteiger partial charge in [-0.05, 0) is 12.1 Å². The van der Waals surface area contributed by atoms with Gasteiger partial charge in [-0.25, -0.2) is 13.2 Å². The molecule has 2 aliphatic heterocycles. The number of rotatable bonds is 4. The predicted octanol–water partition coefficient (Wildman–Crippen LogP) is 5.41. The minimum absolute atomic E-state index is 0.232. The highest BCUT2D eigenvalue weighted by Crippen LogP contribution is 2.38. The first-order valence-electron chi connectivity index (χ1n) is 12.4. The molecule has 0 spiro atoms. The van der Waals surface area contributed by atoms with E-state index in [4.69, 9.17) is 9.47 Å². The van der Waals surface area contributed by atoms with Gasteiger partial charge in [0.2, 0.25) is 0 Å². The van der Waals surface area contributed by atoms with E-state index in [1.54, 1.807) is 18.2 Å². The lowest BCUT2D eigenvalue weighted by molar-refractivity contribution is 0.0923. The van der Waals surface area contributed by atoms with Gasteiger partial charge < -0.3 is 19.7 Å². The molecular formula is C29H24F3N3O3. The number of benzene rings is 3. The Kier molecular flexibility index (Phi) is 6.37. The zero-order valence-electron chi connectivity index (χ0n) is 20.3. The molecule has 0 unspecified atom stereocenters. The molecule has 0 saturated carbocycles. The molecule has 9 heteroatoms. The minimum atomic E-state index is -1.28. The molecule has 3 heterocycles. The Bertz CT molecular complexity index is 1540. The fourth-order valence-corrected chi connectivity index (χ4v) is 5.20. The van der Waals surface area contributed by atoms with Crippen LogP contribution in [0.15, 0.2) is 60.8 Å². The molecule has 194 valence electrons. The van der Waals surface area contributed by atoms with E-state index in [0.29, 0.717) is 67.6 Å². The molecule has 4 aromatic rings. The van der Waals surface area contributed by atoms with Gasteiger partial charge in [-0.2, -0.15) is 0 Å². The van der Waals surface area contributed by atoms with Crippen LogP contribution in [0.25, 0.3) is 22.0 Å². The third-order valence-electron chi connectivity index (χ3n) is 6.99. The molecule has 38 heavy (non-hydrogen) atoms. The molecule has 1 amide bonds. The van der Waals surface area contributed by atoms with Crippen LogP contribution in [0.5, 0.6) is 5.75 Å². The SMILES string of the molecule is O=C(N[C@H]1CCOc2ccccc21)c1cnc2c(-c3cc(F)cc(F)c3F)cccc2c1N1CCOCC1. The van der Waals surface area contributed by atoms with Gasteiger partial charge in [0.1, 0.15) is 11.6 Å². The molecular weight excluding hydrogens is 495 g/mol. The quantitative estimate of drug-likeness (QED) is 0.366. The van der Waals surface area contributed by atoms with Crippen LogP contribution in [-0.4, -0.2) is 43.8 Å². The van der Waals surface area contributed by atoms with Crippen molar-refractivity contribution < 1.29 is 27.4 Å². The summed E-state index contributed by atoms with van der Waals surface area (Å²) in [6.45, 7) is 2.50. The van der Waals surface area contributed by atoms with Gasteiger partial charge in [0.25, 0.3) is 5.91 Å². The largest absolute Gasteiger partial charge is 0.493 e. The molecule has 1 atom stereocenters. The summed E-state index contributed by atoms with van der Waals surface area (Å²) in [5, 5.41) is 3.71. The third kappa shape index (κ3) is 4.32. The number of nitrogens with zero attached hydrogens (tertiary/aromatic N) is 2. The first-order valence-corrected chi connectivity index (χ1v) is 12.4. The van der Waals surface area contributed by atoms with Crippen LogP contribution in [0.2, 0.25) is 0 Å². The second kappa shape index (κ2) is 9.98. The Morgan fingerprint density at radius 1 is 0.974 bits per heavy atom. The number of anilines is 1. The number of carbonyl (C=O) groups is 1. The summed E-state index contributed by atoms with van der Waals surface area (Å²) < 4.78 is 54.1. The van der Waals surface area contributed by atoms with E-state index in [9.17, 15) is 18.0 Å². The number of aromatic nitrogens is 1. The number of fused-ring (bicyclic) bond motifs is 2. The molecule has 0 bridgehead atoms. The average Bonchev–Trinajstić information content (AvgIpc) is 2.94. The summed E-state index contributed by atoms with van der Waals surface area (Å²) in [6, 6.07) is 13.8. The Morgan fingerprint density at radius 3 is 2.63 bits per heavy atom. The smallest absolute Gasteiger partial charge is 0.255 e. The van der Waals surface area contributed by atoms with Crippen molar-refractivity contribution in [1.29, 1.82) is 0 Å². The Hall–Kier alpha value is -4.11.